The molecule has 0 aromatic carbocycles. The van der Waals surface area contributed by atoms with E-state index in [-0.39, 0.29) is 11.7 Å². The minimum atomic E-state index is 0.111. The van der Waals surface area contributed by atoms with Gasteiger partial charge in [0.15, 0.2) is 5.78 Å². The summed E-state index contributed by atoms with van der Waals surface area (Å²) in [6.45, 7) is 3.11. The first-order valence-electron chi connectivity index (χ1n) is 5.59. The van der Waals surface area contributed by atoms with Gasteiger partial charge in [-0.1, -0.05) is 13.3 Å². The molecule has 1 fully saturated rings. The highest BCUT2D eigenvalue weighted by Crippen LogP contribution is 2.20. The van der Waals surface area contributed by atoms with Crippen LogP contribution >= 0.6 is 11.3 Å². The number of thiophene rings is 1. The summed E-state index contributed by atoms with van der Waals surface area (Å²) in [6.07, 6.45) is 3.63. The topological polar surface area (TPSA) is 29.1 Å². The van der Waals surface area contributed by atoms with Crippen molar-refractivity contribution < 1.29 is 4.79 Å². The van der Waals surface area contributed by atoms with Crippen molar-refractivity contribution in [3.05, 3.63) is 22.4 Å². The van der Waals surface area contributed by atoms with Gasteiger partial charge in [-0.25, -0.2) is 0 Å². The number of carbonyl (C=O) groups excluding carboxylic acids is 1. The average Bonchev–Trinajstić information content (AvgIpc) is 2.82. The van der Waals surface area contributed by atoms with Gasteiger partial charge < -0.3 is 5.32 Å². The molecule has 1 aliphatic heterocycles. The molecule has 1 N–H and O–H groups in total. The summed E-state index contributed by atoms with van der Waals surface area (Å²) < 4.78 is 0. The van der Waals surface area contributed by atoms with Crippen molar-refractivity contribution in [1.29, 1.82) is 0 Å². The van der Waals surface area contributed by atoms with Crippen molar-refractivity contribution in [2.24, 2.45) is 5.92 Å². The standard InChI is InChI=1S/C12H17NOS/c1-9(11-4-2-3-6-13-11)12(14)10-5-7-15-8-10/h5,7-9,11,13H,2-4,6H2,1H3. The highest BCUT2D eigenvalue weighted by molar-refractivity contribution is 7.08. The fraction of sp³-hybridized carbons (Fsp3) is 0.583. The number of Topliss-reactive ketones (excluding diaryl/α,β-unsaturated/α-hetero) is 1. The monoisotopic (exact) mass is 223 g/mol. The molecule has 2 nitrogen and oxygen atoms in total. The second-order valence-corrected chi connectivity index (χ2v) is 5.00. The molecule has 2 heterocycles. The minimum absolute atomic E-state index is 0.111. The third-order valence-corrected chi connectivity index (χ3v) is 3.85. The summed E-state index contributed by atoms with van der Waals surface area (Å²) >= 11 is 1.59. The molecule has 2 atom stereocenters. The van der Waals surface area contributed by atoms with Crippen molar-refractivity contribution in [1.82, 2.24) is 5.32 Å². The molecule has 1 saturated heterocycles. The fourth-order valence-corrected chi connectivity index (χ4v) is 2.80. The summed E-state index contributed by atoms with van der Waals surface area (Å²) in [4.78, 5) is 12.1. The van der Waals surface area contributed by atoms with Crippen molar-refractivity contribution >= 4 is 17.1 Å². The Morgan fingerprint density at radius 3 is 3.07 bits per heavy atom. The molecule has 0 radical (unpaired) electrons. The zero-order chi connectivity index (χ0) is 10.7. The maximum absolute atomic E-state index is 12.1. The molecule has 2 unspecified atom stereocenters. The van der Waals surface area contributed by atoms with E-state index in [9.17, 15) is 4.79 Å². The van der Waals surface area contributed by atoms with Crippen LogP contribution in [-0.4, -0.2) is 18.4 Å². The van der Waals surface area contributed by atoms with E-state index in [0.717, 1.165) is 18.5 Å². The summed E-state index contributed by atoms with van der Waals surface area (Å²) in [5.74, 6) is 0.399. The van der Waals surface area contributed by atoms with E-state index in [2.05, 4.69) is 5.32 Å². The van der Waals surface area contributed by atoms with E-state index in [4.69, 9.17) is 0 Å². The predicted molar refractivity (Wildman–Crippen MR) is 63.5 cm³/mol. The molecule has 15 heavy (non-hydrogen) atoms. The van der Waals surface area contributed by atoms with Crippen LogP contribution < -0.4 is 5.32 Å². The fourth-order valence-electron chi connectivity index (χ4n) is 2.16. The van der Waals surface area contributed by atoms with Crippen LogP contribution in [-0.2, 0) is 0 Å². The lowest BCUT2D eigenvalue weighted by Crippen LogP contribution is -2.41. The molecule has 0 bridgehead atoms. The van der Waals surface area contributed by atoms with Gasteiger partial charge in [0, 0.05) is 22.9 Å². The Bertz CT molecular complexity index is 314. The third kappa shape index (κ3) is 2.47. The van der Waals surface area contributed by atoms with E-state index in [1.807, 2.05) is 23.8 Å². The normalized spacial score (nSPS) is 23.7. The van der Waals surface area contributed by atoms with Crippen LogP contribution in [0.4, 0.5) is 0 Å². The number of nitrogens with one attached hydrogen (secondary N) is 1. The first kappa shape index (κ1) is 10.8. The molecular formula is C12H17NOS. The smallest absolute Gasteiger partial charge is 0.168 e. The number of hydrogen-bond donors (Lipinski definition) is 1. The van der Waals surface area contributed by atoms with E-state index >= 15 is 0 Å². The second kappa shape index (κ2) is 4.90. The number of carbonyl (C=O) groups is 1. The summed E-state index contributed by atoms with van der Waals surface area (Å²) in [5.41, 5.74) is 0.875. The molecule has 1 aromatic rings. The SMILES string of the molecule is CC(C(=O)c1ccsc1)C1CCCCN1. The van der Waals surface area contributed by atoms with Crippen molar-refractivity contribution in [2.45, 2.75) is 32.2 Å². The largest absolute Gasteiger partial charge is 0.313 e. The lowest BCUT2D eigenvalue weighted by atomic mass is 9.88. The van der Waals surface area contributed by atoms with Crippen molar-refractivity contribution in [3.8, 4) is 0 Å². The number of piperidine rings is 1. The molecule has 0 amide bonds. The summed E-state index contributed by atoms with van der Waals surface area (Å²) in [6, 6.07) is 2.30. The summed E-state index contributed by atoms with van der Waals surface area (Å²) in [7, 11) is 0. The van der Waals surface area contributed by atoms with Gasteiger partial charge in [-0.2, -0.15) is 11.3 Å². The lowest BCUT2D eigenvalue weighted by Gasteiger charge is -2.27. The van der Waals surface area contributed by atoms with Gasteiger partial charge in [-0.15, -0.1) is 0 Å². The molecule has 2 rings (SSSR count). The third-order valence-electron chi connectivity index (χ3n) is 3.17. The quantitative estimate of drug-likeness (QED) is 0.798. The molecule has 1 aromatic heterocycles. The second-order valence-electron chi connectivity index (χ2n) is 4.22. The van der Waals surface area contributed by atoms with Crippen LogP contribution in [0.2, 0.25) is 0 Å². The van der Waals surface area contributed by atoms with Gasteiger partial charge in [-0.05, 0) is 30.8 Å². The van der Waals surface area contributed by atoms with Gasteiger partial charge in [-0.3, -0.25) is 4.79 Å². The Morgan fingerprint density at radius 1 is 1.60 bits per heavy atom. The number of hydrogen-bond acceptors (Lipinski definition) is 3. The Labute approximate surface area is 94.7 Å². The molecule has 82 valence electrons. The van der Waals surface area contributed by atoms with E-state index < -0.39 is 0 Å². The van der Waals surface area contributed by atoms with Gasteiger partial charge in [0.25, 0.3) is 0 Å². The molecule has 0 saturated carbocycles. The molecule has 3 heteroatoms. The van der Waals surface area contributed by atoms with Crippen LogP contribution in [0.3, 0.4) is 0 Å². The Kier molecular flexibility index (Phi) is 3.54. The lowest BCUT2D eigenvalue weighted by molar-refractivity contribution is 0.0892. The van der Waals surface area contributed by atoms with Crippen LogP contribution in [0.25, 0.3) is 0 Å². The Hall–Kier alpha value is -0.670. The zero-order valence-electron chi connectivity index (χ0n) is 9.03. The van der Waals surface area contributed by atoms with Crippen LogP contribution in [0.1, 0.15) is 36.5 Å². The van der Waals surface area contributed by atoms with E-state index in [0.29, 0.717) is 6.04 Å². The number of rotatable bonds is 3. The zero-order valence-corrected chi connectivity index (χ0v) is 9.85. The highest BCUT2D eigenvalue weighted by atomic mass is 32.1. The molecule has 0 spiro atoms. The number of ketones is 1. The van der Waals surface area contributed by atoms with Crippen LogP contribution in [0.5, 0.6) is 0 Å². The van der Waals surface area contributed by atoms with Gasteiger partial charge >= 0.3 is 0 Å². The minimum Gasteiger partial charge on any atom is -0.313 e. The van der Waals surface area contributed by atoms with E-state index in [1.165, 1.54) is 12.8 Å². The molecule has 0 aliphatic carbocycles. The predicted octanol–water partition coefficient (Wildman–Crippen LogP) is 2.71. The van der Waals surface area contributed by atoms with Crippen LogP contribution in [0.15, 0.2) is 16.8 Å². The van der Waals surface area contributed by atoms with Gasteiger partial charge in [0.05, 0.1) is 0 Å². The average molecular weight is 223 g/mol. The Morgan fingerprint density at radius 2 is 2.47 bits per heavy atom. The molecular weight excluding hydrogens is 206 g/mol. The van der Waals surface area contributed by atoms with Crippen LogP contribution in [0, 0.1) is 5.92 Å². The van der Waals surface area contributed by atoms with E-state index in [1.54, 1.807) is 11.3 Å². The summed E-state index contributed by atoms with van der Waals surface area (Å²) in [5, 5.41) is 7.36. The maximum atomic E-state index is 12.1. The first-order valence-corrected chi connectivity index (χ1v) is 6.53. The molecule has 1 aliphatic rings. The maximum Gasteiger partial charge on any atom is 0.168 e. The van der Waals surface area contributed by atoms with Crippen molar-refractivity contribution in [2.75, 3.05) is 6.54 Å². The first-order chi connectivity index (χ1) is 7.29. The Balaban J connectivity index is 2.00. The van der Waals surface area contributed by atoms with Crippen molar-refractivity contribution in [3.63, 3.8) is 0 Å². The van der Waals surface area contributed by atoms with Gasteiger partial charge in [0.2, 0.25) is 0 Å². The van der Waals surface area contributed by atoms with Gasteiger partial charge in [0.1, 0.15) is 0 Å². The highest BCUT2D eigenvalue weighted by Gasteiger charge is 2.25.